The number of ether oxygens (including phenoxy) is 2. The maximum Gasteiger partial charge on any atom is 0.311 e. The molecule has 2 aliphatic rings. The lowest BCUT2D eigenvalue weighted by Crippen LogP contribution is -2.27. The fraction of sp³-hybridized carbons (Fsp3) is 0.333. The summed E-state index contributed by atoms with van der Waals surface area (Å²) in [7, 11) is 0. The monoisotopic (exact) mass is 563 g/mol. The molecule has 4 aromatic rings. The Hall–Kier alpha value is -4.32. The Morgan fingerprint density at radius 2 is 1.40 bits per heavy atom. The van der Waals surface area contributed by atoms with Crippen LogP contribution in [-0.2, 0) is 22.9 Å². The van der Waals surface area contributed by atoms with Crippen LogP contribution in [-0.4, -0.2) is 10.0 Å². The van der Waals surface area contributed by atoms with E-state index in [-0.39, 0.29) is 34.3 Å². The van der Waals surface area contributed by atoms with Crippen molar-refractivity contribution in [2.75, 3.05) is 0 Å². The van der Waals surface area contributed by atoms with Crippen molar-refractivity contribution in [3.8, 4) is 23.0 Å². The molecule has 0 radical (unpaired) electrons. The Labute approximate surface area is 247 Å². The highest BCUT2D eigenvalue weighted by molar-refractivity contribution is 5.64. The second-order valence-electron chi connectivity index (χ2n) is 13.3. The number of nitro groups is 1. The lowest BCUT2D eigenvalue weighted by molar-refractivity contribution is -0.386. The van der Waals surface area contributed by atoms with Gasteiger partial charge in [0.05, 0.1) is 4.92 Å². The van der Waals surface area contributed by atoms with E-state index in [1.54, 1.807) is 12.1 Å². The number of hydrogen-bond acceptors (Lipinski definition) is 5. The minimum Gasteiger partial charge on any atom is -0.508 e. The van der Waals surface area contributed by atoms with Crippen LogP contribution < -0.4 is 9.47 Å². The molecule has 6 rings (SSSR count). The van der Waals surface area contributed by atoms with Crippen LogP contribution in [0.5, 0.6) is 23.0 Å². The number of benzene rings is 4. The standard InChI is InChI=1S/C36H37NO5/c1-22-14-28-27(17-31(22)38)35(5,6)21-36(28)20-34(3,4)26-15-23(2)32(18-29(26)36)42-25-12-13-30(37(39)40)33(16-25)41-19-24-10-8-7-9-11-24/h7-18,38H,19-21H2,1-6H3. The van der Waals surface area contributed by atoms with Crippen molar-refractivity contribution in [1.82, 2.24) is 0 Å². The van der Waals surface area contributed by atoms with Crippen molar-refractivity contribution < 1.29 is 19.5 Å². The molecule has 216 valence electrons. The molecule has 0 aromatic heterocycles. The summed E-state index contributed by atoms with van der Waals surface area (Å²) in [5.74, 6) is 1.70. The van der Waals surface area contributed by atoms with E-state index < -0.39 is 4.92 Å². The lowest BCUT2D eigenvalue weighted by Gasteiger charge is -2.31. The number of aryl methyl sites for hydroxylation is 2. The van der Waals surface area contributed by atoms with Gasteiger partial charge in [-0.25, -0.2) is 0 Å². The molecule has 1 spiro atoms. The molecule has 6 nitrogen and oxygen atoms in total. The zero-order valence-electron chi connectivity index (χ0n) is 25.1. The van der Waals surface area contributed by atoms with Crippen LogP contribution in [0.1, 0.15) is 79.5 Å². The number of aromatic hydroxyl groups is 1. The molecule has 4 aromatic carbocycles. The highest BCUT2D eigenvalue weighted by atomic mass is 16.6. The summed E-state index contributed by atoms with van der Waals surface area (Å²) in [5, 5.41) is 22.4. The molecule has 42 heavy (non-hydrogen) atoms. The third kappa shape index (κ3) is 4.50. The van der Waals surface area contributed by atoms with E-state index >= 15 is 0 Å². The predicted octanol–water partition coefficient (Wildman–Crippen LogP) is 8.94. The number of phenols is 1. The number of nitro benzene ring substituents is 1. The Balaban J connectivity index is 1.41. The van der Waals surface area contributed by atoms with Crippen LogP contribution >= 0.6 is 0 Å². The fourth-order valence-electron chi connectivity index (χ4n) is 7.38. The van der Waals surface area contributed by atoms with Gasteiger partial charge in [-0.1, -0.05) is 70.2 Å². The van der Waals surface area contributed by atoms with Crippen LogP contribution in [0.2, 0.25) is 0 Å². The average Bonchev–Trinajstić information content (AvgIpc) is 3.27. The number of rotatable bonds is 6. The minimum absolute atomic E-state index is 0.0477. The summed E-state index contributed by atoms with van der Waals surface area (Å²) in [5.41, 5.74) is 7.41. The molecule has 1 unspecified atom stereocenters. The Bertz CT molecular complexity index is 1720. The lowest BCUT2D eigenvalue weighted by atomic mass is 9.72. The number of phenolic OH excluding ortho intramolecular Hbond substituents is 1. The van der Waals surface area contributed by atoms with Crippen molar-refractivity contribution in [3.05, 3.63) is 122 Å². The molecular weight excluding hydrogens is 526 g/mol. The van der Waals surface area contributed by atoms with Gasteiger partial charge in [-0.05, 0) is 94.7 Å². The molecular formula is C36H37NO5. The highest BCUT2D eigenvalue weighted by Gasteiger charge is 2.56. The topological polar surface area (TPSA) is 81.8 Å². The van der Waals surface area contributed by atoms with Crippen molar-refractivity contribution >= 4 is 5.69 Å². The van der Waals surface area contributed by atoms with E-state index in [0.717, 1.165) is 35.3 Å². The normalized spacial score (nSPS) is 19.4. The Morgan fingerprint density at radius 3 is 2.07 bits per heavy atom. The molecule has 0 amide bonds. The molecule has 2 aliphatic carbocycles. The second kappa shape index (κ2) is 9.62. The van der Waals surface area contributed by atoms with Gasteiger partial charge in [0.2, 0.25) is 5.75 Å². The van der Waals surface area contributed by atoms with Crippen molar-refractivity contribution in [3.63, 3.8) is 0 Å². The van der Waals surface area contributed by atoms with E-state index in [1.807, 2.05) is 50.2 Å². The van der Waals surface area contributed by atoms with Crippen LogP contribution in [0.4, 0.5) is 5.69 Å². The van der Waals surface area contributed by atoms with Crippen LogP contribution in [0, 0.1) is 24.0 Å². The second-order valence-corrected chi connectivity index (χ2v) is 13.3. The maximum absolute atomic E-state index is 11.8. The molecule has 6 heteroatoms. The van der Waals surface area contributed by atoms with Gasteiger partial charge >= 0.3 is 5.69 Å². The summed E-state index contributed by atoms with van der Waals surface area (Å²) in [6.07, 6.45) is 1.90. The first-order valence-electron chi connectivity index (χ1n) is 14.4. The van der Waals surface area contributed by atoms with Crippen LogP contribution in [0.3, 0.4) is 0 Å². The quantitative estimate of drug-likeness (QED) is 0.187. The third-order valence-electron chi connectivity index (χ3n) is 9.22. The minimum atomic E-state index is -0.435. The zero-order valence-corrected chi connectivity index (χ0v) is 25.1. The first kappa shape index (κ1) is 27.8. The van der Waals surface area contributed by atoms with Gasteiger partial charge in [0.15, 0.2) is 0 Å². The largest absolute Gasteiger partial charge is 0.508 e. The van der Waals surface area contributed by atoms with Crippen molar-refractivity contribution in [2.45, 2.75) is 77.2 Å². The number of hydrogen-bond donors (Lipinski definition) is 1. The smallest absolute Gasteiger partial charge is 0.311 e. The van der Waals surface area contributed by atoms with E-state index in [1.165, 1.54) is 28.3 Å². The van der Waals surface area contributed by atoms with E-state index in [0.29, 0.717) is 11.5 Å². The summed E-state index contributed by atoms with van der Waals surface area (Å²) < 4.78 is 12.4. The molecule has 0 fully saturated rings. The number of fused-ring (bicyclic) bond motifs is 4. The fourth-order valence-corrected chi connectivity index (χ4v) is 7.38. The van der Waals surface area contributed by atoms with Gasteiger partial charge in [-0.2, -0.15) is 0 Å². The molecule has 0 aliphatic heterocycles. The average molecular weight is 564 g/mol. The summed E-state index contributed by atoms with van der Waals surface area (Å²) >= 11 is 0. The van der Waals surface area contributed by atoms with Gasteiger partial charge in [-0.3, -0.25) is 10.1 Å². The molecule has 0 saturated carbocycles. The van der Waals surface area contributed by atoms with Gasteiger partial charge in [0, 0.05) is 17.5 Å². The first-order chi connectivity index (χ1) is 19.8. The molecule has 0 bridgehead atoms. The van der Waals surface area contributed by atoms with Gasteiger partial charge < -0.3 is 14.6 Å². The van der Waals surface area contributed by atoms with Crippen molar-refractivity contribution in [1.29, 1.82) is 0 Å². The Morgan fingerprint density at radius 1 is 0.786 bits per heavy atom. The molecule has 0 heterocycles. The SMILES string of the molecule is Cc1cc2c(cc1O)C(C)(C)CC21CC(C)(C)c2cc(C)c(Oc3ccc([N+](=O)[O-])c(OCc4ccccc4)c3)cc21. The predicted molar refractivity (Wildman–Crippen MR) is 164 cm³/mol. The van der Waals surface area contributed by atoms with Gasteiger partial charge in [0.1, 0.15) is 23.9 Å². The Kier molecular flexibility index (Phi) is 6.37. The van der Waals surface area contributed by atoms with Gasteiger partial charge in [0.25, 0.3) is 0 Å². The van der Waals surface area contributed by atoms with E-state index in [4.69, 9.17) is 9.47 Å². The molecule has 0 saturated heterocycles. The van der Waals surface area contributed by atoms with Gasteiger partial charge in [-0.15, -0.1) is 0 Å². The summed E-state index contributed by atoms with van der Waals surface area (Å²) in [4.78, 5) is 11.3. The van der Waals surface area contributed by atoms with E-state index in [9.17, 15) is 15.2 Å². The zero-order chi connectivity index (χ0) is 30.0. The van der Waals surface area contributed by atoms with E-state index in [2.05, 4.69) is 45.9 Å². The first-order valence-corrected chi connectivity index (χ1v) is 14.4. The van der Waals surface area contributed by atoms with Crippen molar-refractivity contribution in [2.24, 2.45) is 0 Å². The molecule has 1 atom stereocenters. The molecule has 1 N–H and O–H groups in total. The summed E-state index contributed by atoms with van der Waals surface area (Å²) in [6, 6.07) is 22.8. The van der Waals surface area contributed by atoms with Crippen LogP contribution in [0.25, 0.3) is 0 Å². The summed E-state index contributed by atoms with van der Waals surface area (Å²) in [6.45, 7) is 13.4. The maximum atomic E-state index is 11.8. The highest BCUT2D eigenvalue weighted by Crippen LogP contribution is 2.64. The number of nitrogens with zero attached hydrogens (tertiary/aromatic N) is 1. The van der Waals surface area contributed by atoms with Crippen LogP contribution in [0.15, 0.2) is 72.8 Å². The third-order valence-corrected chi connectivity index (χ3v) is 9.22.